The molecule has 1 fully saturated rings. The molecule has 1 aliphatic rings. The normalized spacial score (nSPS) is 17.6. The van der Waals surface area contributed by atoms with Crippen LogP contribution >= 0.6 is 0 Å². The summed E-state index contributed by atoms with van der Waals surface area (Å²) in [6.45, 7) is 2.45. The number of hydrogen-bond donors (Lipinski definition) is 1. The smallest absolute Gasteiger partial charge is 0.295 e. The van der Waals surface area contributed by atoms with Crippen LogP contribution in [0.25, 0.3) is 5.76 Å². The molecule has 0 bridgehead atoms. The number of amides is 1. The molecule has 3 aromatic carbocycles. The Hall–Kier alpha value is -3.93. The minimum Gasteiger partial charge on any atom is -0.507 e. The van der Waals surface area contributed by atoms with Crippen LogP contribution in [0.5, 0.6) is 5.75 Å². The number of halogens is 1. The average molecular weight is 431 g/mol. The third-order valence-electron chi connectivity index (χ3n) is 5.37. The second-order valence-electron chi connectivity index (χ2n) is 7.39. The van der Waals surface area contributed by atoms with E-state index in [1.165, 1.54) is 23.1 Å². The van der Waals surface area contributed by atoms with Crippen molar-refractivity contribution in [3.05, 3.63) is 107 Å². The Morgan fingerprint density at radius 1 is 0.969 bits per heavy atom. The van der Waals surface area contributed by atoms with Crippen LogP contribution in [-0.2, 0) is 16.1 Å². The number of aliphatic hydroxyl groups is 1. The molecule has 0 aliphatic carbocycles. The van der Waals surface area contributed by atoms with Gasteiger partial charge in [-0.25, -0.2) is 4.39 Å². The number of carbonyl (C=O) groups is 2. The summed E-state index contributed by atoms with van der Waals surface area (Å²) in [4.78, 5) is 27.3. The van der Waals surface area contributed by atoms with E-state index in [-0.39, 0.29) is 23.4 Å². The number of hydrogen-bond acceptors (Lipinski definition) is 4. The lowest BCUT2D eigenvalue weighted by molar-refractivity contribution is -0.140. The number of benzene rings is 3. The van der Waals surface area contributed by atoms with Crippen molar-refractivity contribution in [1.82, 2.24) is 4.90 Å². The molecule has 162 valence electrons. The molecule has 6 heteroatoms. The zero-order valence-electron chi connectivity index (χ0n) is 17.5. The van der Waals surface area contributed by atoms with Gasteiger partial charge in [0.1, 0.15) is 17.3 Å². The maximum absolute atomic E-state index is 14.8. The third kappa shape index (κ3) is 3.99. The van der Waals surface area contributed by atoms with Crippen molar-refractivity contribution in [3.63, 3.8) is 0 Å². The van der Waals surface area contributed by atoms with Gasteiger partial charge in [-0.05, 0) is 42.8 Å². The number of rotatable bonds is 6. The van der Waals surface area contributed by atoms with E-state index in [0.717, 1.165) is 5.56 Å². The molecule has 1 heterocycles. The van der Waals surface area contributed by atoms with E-state index in [2.05, 4.69) is 0 Å². The highest BCUT2D eigenvalue weighted by atomic mass is 19.1. The van der Waals surface area contributed by atoms with Gasteiger partial charge in [-0.1, -0.05) is 48.5 Å². The maximum atomic E-state index is 14.8. The number of Topliss-reactive ketones (excluding diaryl/α,β-unsaturated/α-hetero) is 1. The van der Waals surface area contributed by atoms with Gasteiger partial charge in [-0.2, -0.15) is 0 Å². The van der Waals surface area contributed by atoms with E-state index in [9.17, 15) is 19.1 Å². The van der Waals surface area contributed by atoms with Gasteiger partial charge >= 0.3 is 0 Å². The van der Waals surface area contributed by atoms with Gasteiger partial charge in [-0.3, -0.25) is 9.59 Å². The lowest BCUT2D eigenvalue weighted by Crippen LogP contribution is -2.29. The van der Waals surface area contributed by atoms with Crippen molar-refractivity contribution in [2.75, 3.05) is 6.61 Å². The standard InChI is InChI=1S/C26H22FNO4/c1-2-32-19-14-12-18(13-15-19)24(29)22-23(20-10-6-7-11-21(20)27)28(26(31)25(22)30)16-17-8-4-3-5-9-17/h3-15,23,29H,2,16H2,1H3/b24-22+. The summed E-state index contributed by atoms with van der Waals surface area (Å²) >= 11 is 0. The van der Waals surface area contributed by atoms with Crippen LogP contribution in [0.1, 0.15) is 29.7 Å². The van der Waals surface area contributed by atoms with Crippen molar-refractivity contribution < 1.29 is 23.8 Å². The Morgan fingerprint density at radius 2 is 1.62 bits per heavy atom. The quantitative estimate of drug-likeness (QED) is 0.344. The predicted octanol–water partition coefficient (Wildman–Crippen LogP) is 4.85. The zero-order chi connectivity index (χ0) is 22.7. The average Bonchev–Trinajstić information content (AvgIpc) is 3.05. The molecular weight excluding hydrogens is 409 g/mol. The molecule has 1 amide bonds. The van der Waals surface area contributed by atoms with Crippen LogP contribution in [-0.4, -0.2) is 28.3 Å². The van der Waals surface area contributed by atoms with E-state index < -0.39 is 23.5 Å². The number of nitrogens with zero attached hydrogens (tertiary/aromatic N) is 1. The Labute approximate surface area is 185 Å². The molecule has 1 saturated heterocycles. The maximum Gasteiger partial charge on any atom is 0.295 e. The SMILES string of the molecule is CCOc1ccc(/C(O)=C2\C(=O)C(=O)N(Cc3ccccc3)C2c2ccccc2F)cc1. The second kappa shape index (κ2) is 9.06. The Balaban J connectivity index is 1.84. The summed E-state index contributed by atoms with van der Waals surface area (Å²) in [6.07, 6.45) is 0. The minimum atomic E-state index is -1.05. The topological polar surface area (TPSA) is 66.8 Å². The first-order valence-electron chi connectivity index (χ1n) is 10.3. The molecule has 1 aliphatic heterocycles. The summed E-state index contributed by atoms with van der Waals surface area (Å²) in [5.74, 6) is -1.93. The predicted molar refractivity (Wildman–Crippen MR) is 118 cm³/mol. The monoisotopic (exact) mass is 431 g/mol. The van der Waals surface area contributed by atoms with Crippen molar-refractivity contribution >= 4 is 17.4 Å². The Kier molecular flexibility index (Phi) is 6.03. The highest BCUT2D eigenvalue weighted by molar-refractivity contribution is 6.46. The van der Waals surface area contributed by atoms with E-state index in [0.29, 0.717) is 17.9 Å². The molecule has 4 rings (SSSR count). The van der Waals surface area contributed by atoms with Crippen molar-refractivity contribution in [1.29, 1.82) is 0 Å². The Morgan fingerprint density at radius 3 is 2.28 bits per heavy atom. The summed E-state index contributed by atoms with van der Waals surface area (Å²) in [7, 11) is 0. The summed E-state index contributed by atoms with van der Waals surface area (Å²) in [5.41, 5.74) is 1.14. The molecule has 3 aromatic rings. The van der Waals surface area contributed by atoms with Gasteiger partial charge in [0.05, 0.1) is 18.2 Å². The van der Waals surface area contributed by atoms with Gasteiger partial charge in [0, 0.05) is 17.7 Å². The first-order chi connectivity index (χ1) is 15.5. The number of ether oxygens (including phenoxy) is 1. The molecule has 32 heavy (non-hydrogen) atoms. The molecule has 0 aromatic heterocycles. The van der Waals surface area contributed by atoms with Crippen LogP contribution in [0.2, 0.25) is 0 Å². The fourth-order valence-electron chi connectivity index (χ4n) is 3.87. The fourth-order valence-corrected chi connectivity index (χ4v) is 3.87. The minimum absolute atomic E-state index is 0.102. The van der Waals surface area contributed by atoms with Crippen LogP contribution in [0.3, 0.4) is 0 Å². The molecule has 0 spiro atoms. The summed E-state index contributed by atoms with van der Waals surface area (Å²) in [5, 5.41) is 11.1. The summed E-state index contributed by atoms with van der Waals surface area (Å²) in [6, 6.07) is 20.6. The van der Waals surface area contributed by atoms with Gasteiger partial charge < -0.3 is 14.7 Å². The van der Waals surface area contributed by atoms with Gasteiger partial charge in [0.2, 0.25) is 0 Å². The van der Waals surface area contributed by atoms with Gasteiger partial charge in [0.25, 0.3) is 11.7 Å². The van der Waals surface area contributed by atoms with Gasteiger partial charge in [0.15, 0.2) is 0 Å². The molecule has 1 N–H and O–H groups in total. The van der Waals surface area contributed by atoms with Crippen molar-refractivity contribution in [2.24, 2.45) is 0 Å². The van der Waals surface area contributed by atoms with E-state index in [4.69, 9.17) is 4.74 Å². The Bertz CT molecular complexity index is 1170. The highest BCUT2D eigenvalue weighted by Crippen LogP contribution is 2.41. The number of likely N-dealkylation sites (tertiary alicyclic amines) is 1. The molecule has 1 atom stereocenters. The lowest BCUT2D eigenvalue weighted by Gasteiger charge is -2.25. The molecular formula is C26H22FNO4. The van der Waals surface area contributed by atoms with Crippen LogP contribution in [0.4, 0.5) is 4.39 Å². The van der Waals surface area contributed by atoms with Crippen molar-refractivity contribution in [2.45, 2.75) is 19.5 Å². The first-order valence-corrected chi connectivity index (χ1v) is 10.3. The zero-order valence-corrected chi connectivity index (χ0v) is 17.5. The summed E-state index contributed by atoms with van der Waals surface area (Å²) < 4.78 is 20.2. The number of ketones is 1. The first kappa shape index (κ1) is 21.3. The van der Waals surface area contributed by atoms with E-state index in [1.807, 2.05) is 37.3 Å². The second-order valence-corrected chi connectivity index (χ2v) is 7.39. The van der Waals surface area contributed by atoms with Crippen LogP contribution < -0.4 is 4.74 Å². The van der Waals surface area contributed by atoms with E-state index in [1.54, 1.807) is 30.3 Å². The van der Waals surface area contributed by atoms with Crippen molar-refractivity contribution in [3.8, 4) is 5.75 Å². The van der Waals surface area contributed by atoms with Crippen LogP contribution in [0.15, 0.2) is 84.4 Å². The van der Waals surface area contributed by atoms with E-state index >= 15 is 0 Å². The number of aliphatic hydroxyl groups excluding tert-OH is 1. The van der Waals surface area contributed by atoms with Crippen LogP contribution in [0, 0.1) is 5.82 Å². The third-order valence-corrected chi connectivity index (χ3v) is 5.37. The molecule has 1 unspecified atom stereocenters. The largest absolute Gasteiger partial charge is 0.507 e. The highest BCUT2D eigenvalue weighted by Gasteiger charge is 2.46. The lowest BCUT2D eigenvalue weighted by atomic mass is 9.94. The number of carbonyl (C=O) groups excluding carboxylic acids is 2. The van der Waals surface area contributed by atoms with Gasteiger partial charge in [-0.15, -0.1) is 0 Å². The molecule has 0 saturated carbocycles. The fraction of sp³-hybridized carbons (Fsp3) is 0.154. The molecule has 5 nitrogen and oxygen atoms in total. The molecule has 0 radical (unpaired) electrons.